The minimum absolute atomic E-state index is 0.0423. The van der Waals surface area contributed by atoms with Gasteiger partial charge in [0.15, 0.2) is 5.65 Å². The van der Waals surface area contributed by atoms with Crippen LogP contribution in [-0.2, 0) is 0 Å². The van der Waals surface area contributed by atoms with Gasteiger partial charge in [0.05, 0.1) is 6.20 Å². The van der Waals surface area contributed by atoms with Gasteiger partial charge in [0.2, 0.25) is 0 Å². The van der Waals surface area contributed by atoms with Gasteiger partial charge in [-0.2, -0.15) is 9.61 Å². The van der Waals surface area contributed by atoms with Crippen molar-refractivity contribution in [2.45, 2.75) is 52.1 Å². The van der Waals surface area contributed by atoms with Crippen molar-refractivity contribution >= 4 is 28.9 Å². The highest BCUT2D eigenvalue weighted by molar-refractivity contribution is 6.00. The fourth-order valence-corrected chi connectivity index (χ4v) is 4.12. The molecule has 2 unspecified atom stereocenters. The summed E-state index contributed by atoms with van der Waals surface area (Å²) in [5.41, 5.74) is 1.12. The van der Waals surface area contributed by atoms with Crippen molar-refractivity contribution < 1.29 is 4.79 Å². The van der Waals surface area contributed by atoms with Crippen LogP contribution < -0.4 is 21.5 Å². The van der Waals surface area contributed by atoms with E-state index in [9.17, 15) is 9.59 Å². The molecular formula is C22H29N7O2. The number of hydrogen-bond acceptors (Lipinski definition) is 6. The number of nitrogens with one attached hydrogen (secondary N) is 3. The fourth-order valence-electron chi connectivity index (χ4n) is 4.12. The summed E-state index contributed by atoms with van der Waals surface area (Å²) in [6.07, 6.45) is 6.54. The van der Waals surface area contributed by atoms with E-state index in [0.29, 0.717) is 34.5 Å². The number of pyridine rings is 1. The van der Waals surface area contributed by atoms with Crippen LogP contribution in [0, 0.1) is 5.92 Å². The Labute approximate surface area is 180 Å². The lowest BCUT2D eigenvalue weighted by atomic mass is 10.1. The van der Waals surface area contributed by atoms with E-state index in [1.807, 2.05) is 19.9 Å². The summed E-state index contributed by atoms with van der Waals surface area (Å²) in [4.78, 5) is 30.3. The highest BCUT2D eigenvalue weighted by Gasteiger charge is 2.27. The van der Waals surface area contributed by atoms with Crippen LogP contribution in [0.15, 0.2) is 35.4 Å². The molecule has 3 aromatic rings. The number of hydrogen-bond donors (Lipinski definition) is 3. The second-order valence-corrected chi connectivity index (χ2v) is 8.41. The van der Waals surface area contributed by atoms with Gasteiger partial charge in [-0.3, -0.25) is 9.59 Å². The van der Waals surface area contributed by atoms with Crippen molar-refractivity contribution in [3.8, 4) is 0 Å². The molecule has 1 aliphatic rings. The number of rotatable bonds is 6. The van der Waals surface area contributed by atoms with Gasteiger partial charge in [0.1, 0.15) is 22.9 Å². The van der Waals surface area contributed by atoms with Crippen LogP contribution in [-0.4, -0.2) is 38.2 Å². The van der Waals surface area contributed by atoms with Crippen LogP contribution in [0.25, 0.3) is 5.65 Å². The van der Waals surface area contributed by atoms with Gasteiger partial charge >= 0.3 is 0 Å². The first-order chi connectivity index (χ1) is 14.9. The molecule has 0 bridgehead atoms. The van der Waals surface area contributed by atoms with Crippen molar-refractivity contribution in [1.29, 1.82) is 0 Å². The van der Waals surface area contributed by atoms with Gasteiger partial charge in [-0.1, -0.05) is 13.3 Å². The summed E-state index contributed by atoms with van der Waals surface area (Å²) in [6, 6.07) is 5.51. The molecule has 1 saturated carbocycles. The Bertz CT molecular complexity index is 1160. The molecule has 9 heteroatoms. The van der Waals surface area contributed by atoms with Gasteiger partial charge in [-0.25, -0.2) is 4.98 Å². The number of carbonyl (C=O) groups is 1. The van der Waals surface area contributed by atoms with E-state index in [0.717, 1.165) is 19.3 Å². The van der Waals surface area contributed by atoms with Crippen LogP contribution in [0.5, 0.6) is 0 Å². The maximum atomic E-state index is 13.0. The topological polar surface area (TPSA) is 105 Å². The Kier molecular flexibility index (Phi) is 5.67. The second kappa shape index (κ2) is 8.41. The molecular weight excluding hydrogens is 394 g/mol. The Morgan fingerprint density at radius 2 is 2.10 bits per heavy atom. The molecule has 0 spiro atoms. The largest absolute Gasteiger partial charge is 0.373 e. The Morgan fingerprint density at radius 3 is 2.77 bits per heavy atom. The minimum atomic E-state index is -0.178. The number of amides is 1. The first kappa shape index (κ1) is 20.9. The molecule has 0 aromatic carbocycles. The van der Waals surface area contributed by atoms with Crippen molar-refractivity contribution in [2.24, 2.45) is 5.92 Å². The van der Waals surface area contributed by atoms with Crippen molar-refractivity contribution in [2.75, 3.05) is 17.7 Å². The van der Waals surface area contributed by atoms with E-state index >= 15 is 0 Å². The summed E-state index contributed by atoms with van der Waals surface area (Å²) in [5.74, 6) is 1.40. The molecule has 0 saturated heterocycles. The van der Waals surface area contributed by atoms with Gasteiger partial charge in [-0.05, 0) is 44.7 Å². The highest BCUT2D eigenvalue weighted by Crippen LogP contribution is 2.26. The molecule has 1 amide bonds. The van der Waals surface area contributed by atoms with Crippen molar-refractivity contribution in [3.63, 3.8) is 0 Å². The molecule has 31 heavy (non-hydrogen) atoms. The SMILES string of the molecule is CNc1cc(Nc2cccn(C(C)C)c2=O)nc2c(C(=O)NC3CCCC3C)cnn12. The third-order valence-corrected chi connectivity index (χ3v) is 5.94. The summed E-state index contributed by atoms with van der Waals surface area (Å²) in [5, 5.41) is 13.7. The molecule has 0 aliphatic heterocycles. The van der Waals surface area contributed by atoms with E-state index < -0.39 is 0 Å². The zero-order valence-electron chi connectivity index (χ0n) is 18.3. The first-order valence-electron chi connectivity index (χ1n) is 10.7. The minimum Gasteiger partial charge on any atom is -0.373 e. The van der Waals surface area contributed by atoms with Gasteiger partial charge in [-0.15, -0.1) is 0 Å². The molecule has 4 rings (SSSR count). The monoisotopic (exact) mass is 423 g/mol. The lowest BCUT2D eigenvalue weighted by Crippen LogP contribution is -2.36. The molecule has 3 aromatic heterocycles. The third-order valence-electron chi connectivity index (χ3n) is 5.94. The number of nitrogens with zero attached hydrogens (tertiary/aromatic N) is 4. The van der Waals surface area contributed by atoms with E-state index in [4.69, 9.17) is 0 Å². The molecule has 164 valence electrons. The molecule has 1 fully saturated rings. The zero-order valence-corrected chi connectivity index (χ0v) is 18.3. The second-order valence-electron chi connectivity index (χ2n) is 8.41. The molecule has 3 N–H and O–H groups in total. The summed E-state index contributed by atoms with van der Waals surface area (Å²) in [7, 11) is 1.77. The third kappa shape index (κ3) is 3.99. The van der Waals surface area contributed by atoms with Gasteiger partial charge < -0.3 is 20.5 Å². The Morgan fingerprint density at radius 1 is 1.29 bits per heavy atom. The summed E-state index contributed by atoms with van der Waals surface area (Å²) >= 11 is 0. The van der Waals surface area contributed by atoms with Gasteiger partial charge in [0.25, 0.3) is 11.5 Å². The lowest BCUT2D eigenvalue weighted by molar-refractivity contribution is 0.0931. The van der Waals surface area contributed by atoms with E-state index in [-0.39, 0.29) is 23.6 Å². The maximum absolute atomic E-state index is 13.0. The molecule has 0 radical (unpaired) electrons. The number of fused-ring (bicyclic) bond motifs is 1. The highest BCUT2D eigenvalue weighted by atomic mass is 16.2. The average molecular weight is 424 g/mol. The Balaban J connectivity index is 1.70. The normalized spacial score (nSPS) is 18.5. The smallest absolute Gasteiger partial charge is 0.274 e. The summed E-state index contributed by atoms with van der Waals surface area (Å²) in [6.45, 7) is 6.07. The van der Waals surface area contributed by atoms with Crippen LogP contribution in [0.2, 0.25) is 0 Å². The van der Waals surface area contributed by atoms with Crippen molar-refractivity contribution in [3.05, 3.63) is 46.5 Å². The molecule has 9 nitrogen and oxygen atoms in total. The predicted molar refractivity (Wildman–Crippen MR) is 121 cm³/mol. The Hall–Kier alpha value is -3.36. The van der Waals surface area contributed by atoms with E-state index in [2.05, 4.69) is 33.0 Å². The first-order valence-corrected chi connectivity index (χ1v) is 10.7. The van der Waals surface area contributed by atoms with Crippen LogP contribution in [0.3, 0.4) is 0 Å². The number of carbonyl (C=O) groups excluding carboxylic acids is 1. The molecule has 3 heterocycles. The van der Waals surface area contributed by atoms with E-state index in [1.54, 1.807) is 34.5 Å². The standard InChI is InChI=1S/C22H29N7O2/c1-13(2)28-10-6-9-17(22(28)31)25-18-11-19(23-4)29-20(27-18)15(12-24-29)21(30)26-16-8-5-7-14(16)3/h6,9-14,16,23H,5,7-8H2,1-4H3,(H,25,27)(H,26,30). The van der Waals surface area contributed by atoms with Gasteiger partial charge in [0, 0.05) is 31.4 Å². The number of aromatic nitrogens is 4. The van der Waals surface area contributed by atoms with Crippen LogP contribution in [0.1, 0.15) is 56.4 Å². The van der Waals surface area contributed by atoms with Crippen molar-refractivity contribution in [1.82, 2.24) is 24.5 Å². The van der Waals surface area contributed by atoms with E-state index in [1.165, 1.54) is 6.20 Å². The predicted octanol–water partition coefficient (Wildman–Crippen LogP) is 3.18. The lowest BCUT2D eigenvalue weighted by Gasteiger charge is -2.17. The maximum Gasteiger partial charge on any atom is 0.274 e. The zero-order chi connectivity index (χ0) is 22.1. The average Bonchev–Trinajstić information content (AvgIpc) is 3.35. The van der Waals surface area contributed by atoms with Crippen LogP contribution >= 0.6 is 0 Å². The molecule has 1 aliphatic carbocycles. The van der Waals surface area contributed by atoms with Crippen LogP contribution in [0.4, 0.5) is 17.3 Å². The fraction of sp³-hybridized carbons (Fsp3) is 0.455. The quantitative estimate of drug-likeness (QED) is 0.562. The summed E-state index contributed by atoms with van der Waals surface area (Å²) < 4.78 is 3.25. The number of anilines is 3. The molecule has 2 atom stereocenters.